The number of halogens is 2. The van der Waals surface area contributed by atoms with Gasteiger partial charge in [-0.1, -0.05) is 51.1 Å². The molecule has 1 N–H and O–H groups in total. The molecule has 0 bridgehead atoms. The summed E-state index contributed by atoms with van der Waals surface area (Å²) >= 11 is 0. The standard InChI is InChI=1S/C24H30F2N4O/c1-17(29(5)13-18-6-8-19(9-7-18)23(2,3)4)24(31,14-30-16-27-15-28-30)21-11-10-20(25)12-22(21)26/h6-12,15-17,31H,13-14H2,1-5H3/t17-,24-/m0/s1. The lowest BCUT2D eigenvalue weighted by molar-refractivity contribution is -0.0591. The van der Waals surface area contributed by atoms with Gasteiger partial charge in [-0.15, -0.1) is 0 Å². The van der Waals surface area contributed by atoms with E-state index in [9.17, 15) is 13.9 Å². The van der Waals surface area contributed by atoms with Gasteiger partial charge in [0.25, 0.3) is 0 Å². The van der Waals surface area contributed by atoms with Gasteiger partial charge in [-0.25, -0.2) is 18.4 Å². The molecule has 3 rings (SSSR count). The number of aromatic nitrogens is 3. The molecule has 0 amide bonds. The molecule has 0 saturated heterocycles. The topological polar surface area (TPSA) is 54.2 Å². The number of benzene rings is 2. The summed E-state index contributed by atoms with van der Waals surface area (Å²) < 4.78 is 29.7. The molecule has 0 fully saturated rings. The molecule has 2 atom stereocenters. The van der Waals surface area contributed by atoms with E-state index in [0.29, 0.717) is 6.54 Å². The zero-order chi connectivity index (χ0) is 22.8. The average Bonchev–Trinajstić information content (AvgIpc) is 3.19. The Balaban J connectivity index is 1.89. The van der Waals surface area contributed by atoms with Crippen LogP contribution in [0.1, 0.15) is 44.4 Å². The Kier molecular flexibility index (Phi) is 6.57. The van der Waals surface area contributed by atoms with Crippen molar-refractivity contribution in [3.8, 4) is 0 Å². The molecule has 1 heterocycles. The summed E-state index contributed by atoms with van der Waals surface area (Å²) in [7, 11) is 1.87. The highest BCUT2D eigenvalue weighted by molar-refractivity contribution is 5.29. The van der Waals surface area contributed by atoms with Crippen LogP contribution in [0.25, 0.3) is 0 Å². The lowest BCUT2D eigenvalue weighted by atomic mass is 9.85. The monoisotopic (exact) mass is 428 g/mol. The summed E-state index contributed by atoms with van der Waals surface area (Å²) in [5.74, 6) is -1.48. The zero-order valence-corrected chi connectivity index (χ0v) is 18.7. The van der Waals surface area contributed by atoms with Gasteiger partial charge in [-0.2, -0.15) is 5.10 Å². The smallest absolute Gasteiger partial charge is 0.137 e. The van der Waals surface area contributed by atoms with Gasteiger partial charge < -0.3 is 5.11 Å². The molecule has 3 aromatic rings. The molecule has 31 heavy (non-hydrogen) atoms. The third-order valence-corrected chi connectivity index (χ3v) is 5.87. The van der Waals surface area contributed by atoms with Crippen molar-refractivity contribution < 1.29 is 13.9 Å². The summed E-state index contributed by atoms with van der Waals surface area (Å²) in [6.07, 6.45) is 2.82. The second kappa shape index (κ2) is 8.85. The van der Waals surface area contributed by atoms with Crippen molar-refractivity contribution in [1.29, 1.82) is 0 Å². The Morgan fingerprint density at radius 2 is 1.77 bits per heavy atom. The van der Waals surface area contributed by atoms with Crippen LogP contribution >= 0.6 is 0 Å². The van der Waals surface area contributed by atoms with Crippen molar-refractivity contribution >= 4 is 0 Å². The fraction of sp³-hybridized carbons (Fsp3) is 0.417. The lowest BCUT2D eigenvalue weighted by Gasteiger charge is -2.40. The van der Waals surface area contributed by atoms with Crippen LogP contribution in [-0.4, -0.2) is 37.9 Å². The molecule has 0 aliphatic carbocycles. The summed E-state index contributed by atoms with van der Waals surface area (Å²) in [5, 5.41) is 15.8. The van der Waals surface area contributed by atoms with Crippen LogP contribution in [-0.2, 0) is 24.1 Å². The Labute approximate surface area is 182 Å². The minimum absolute atomic E-state index is 0.0202. The van der Waals surface area contributed by atoms with Gasteiger partial charge in [0, 0.05) is 24.2 Å². The van der Waals surface area contributed by atoms with Crippen LogP contribution in [0.2, 0.25) is 0 Å². The van der Waals surface area contributed by atoms with Crippen LogP contribution in [0.3, 0.4) is 0 Å². The largest absolute Gasteiger partial charge is 0.381 e. The van der Waals surface area contributed by atoms with E-state index in [1.165, 1.54) is 29.0 Å². The maximum atomic E-state index is 14.7. The highest BCUT2D eigenvalue weighted by atomic mass is 19.1. The summed E-state index contributed by atoms with van der Waals surface area (Å²) in [4.78, 5) is 5.86. The van der Waals surface area contributed by atoms with Crippen LogP contribution in [0.5, 0.6) is 0 Å². The number of hydrogen-bond acceptors (Lipinski definition) is 4. The number of aliphatic hydroxyl groups is 1. The maximum Gasteiger partial charge on any atom is 0.137 e. The Hall–Kier alpha value is -2.64. The van der Waals surface area contributed by atoms with Gasteiger partial charge in [-0.3, -0.25) is 4.90 Å². The number of nitrogens with zero attached hydrogens (tertiary/aromatic N) is 4. The normalized spacial score (nSPS) is 15.1. The second-order valence-electron chi connectivity index (χ2n) is 9.18. The molecule has 0 saturated carbocycles. The van der Waals surface area contributed by atoms with E-state index in [1.54, 1.807) is 0 Å². The van der Waals surface area contributed by atoms with E-state index in [1.807, 2.05) is 18.9 Å². The summed E-state index contributed by atoms with van der Waals surface area (Å²) in [5.41, 5.74) is 0.737. The Morgan fingerprint density at radius 1 is 1.10 bits per heavy atom. The van der Waals surface area contributed by atoms with Crippen molar-refractivity contribution in [2.75, 3.05) is 7.05 Å². The van der Waals surface area contributed by atoms with Gasteiger partial charge in [0.2, 0.25) is 0 Å². The Bertz CT molecular complexity index is 999. The first kappa shape index (κ1) is 23.0. The summed E-state index contributed by atoms with van der Waals surface area (Å²) in [6.45, 7) is 8.84. The quantitative estimate of drug-likeness (QED) is 0.611. The molecule has 0 unspecified atom stereocenters. The first-order valence-electron chi connectivity index (χ1n) is 10.3. The van der Waals surface area contributed by atoms with Crippen molar-refractivity contribution in [2.45, 2.75) is 57.8 Å². The molecule has 0 spiro atoms. The van der Waals surface area contributed by atoms with Crippen molar-refractivity contribution in [3.63, 3.8) is 0 Å². The average molecular weight is 429 g/mol. The van der Waals surface area contributed by atoms with E-state index >= 15 is 0 Å². The molecule has 7 heteroatoms. The van der Waals surface area contributed by atoms with Crippen molar-refractivity contribution in [1.82, 2.24) is 19.7 Å². The lowest BCUT2D eigenvalue weighted by Crippen LogP contribution is -2.50. The van der Waals surface area contributed by atoms with E-state index in [-0.39, 0.29) is 17.5 Å². The fourth-order valence-corrected chi connectivity index (χ4v) is 3.74. The van der Waals surface area contributed by atoms with Gasteiger partial charge >= 0.3 is 0 Å². The van der Waals surface area contributed by atoms with E-state index in [0.717, 1.165) is 17.7 Å². The van der Waals surface area contributed by atoms with Crippen LogP contribution in [0.15, 0.2) is 55.1 Å². The van der Waals surface area contributed by atoms with Gasteiger partial charge in [0.05, 0.1) is 6.54 Å². The van der Waals surface area contributed by atoms with Crippen LogP contribution < -0.4 is 0 Å². The first-order valence-corrected chi connectivity index (χ1v) is 10.3. The number of rotatable bonds is 7. The predicted octanol–water partition coefficient (Wildman–Crippen LogP) is 4.26. The van der Waals surface area contributed by atoms with Crippen LogP contribution in [0.4, 0.5) is 8.78 Å². The first-order chi connectivity index (χ1) is 14.5. The molecule has 0 aliphatic heterocycles. The molecule has 1 aromatic heterocycles. The number of hydrogen-bond donors (Lipinski definition) is 1. The molecule has 166 valence electrons. The highest BCUT2D eigenvalue weighted by Gasteiger charge is 2.41. The van der Waals surface area contributed by atoms with Crippen molar-refractivity contribution in [3.05, 3.63) is 83.4 Å². The van der Waals surface area contributed by atoms with Gasteiger partial charge in [0.15, 0.2) is 0 Å². The fourth-order valence-electron chi connectivity index (χ4n) is 3.74. The zero-order valence-electron chi connectivity index (χ0n) is 18.7. The third-order valence-electron chi connectivity index (χ3n) is 5.87. The minimum Gasteiger partial charge on any atom is -0.381 e. The number of likely N-dealkylation sites (N-methyl/N-ethyl adjacent to an activating group) is 1. The van der Waals surface area contributed by atoms with Gasteiger partial charge in [-0.05, 0) is 36.6 Å². The summed E-state index contributed by atoms with van der Waals surface area (Å²) in [6, 6.07) is 11.1. The molecular formula is C24H30F2N4O. The second-order valence-corrected chi connectivity index (χ2v) is 9.18. The molecule has 0 radical (unpaired) electrons. The van der Waals surface area contributed by atoms with E-state index in [2.05, 4.69) is 55.1 Å². The minimum atomic E-state index is -1.66. The third kappa shape index (κ3) is 5.17. The highest BCUT2D eigenvalue weighted by Crippen LogP contribution is 2.33. The van der Waals surface area contributed by atoms with Crippen molar-refractivity contribution in [2.24, 2.45) is 0 Å². The van der Waals surface area contributed by atoms with E-state index in [4.69, 9.17) is 0 Å². The SMILES string of the molecule is C[C@H](N(C)Cc1ccc(C(C)(C)C)cc1)[C@@](O)(Cn1cncn1)c1ccc(F)cc1F. The molecule has 2 aromatic carbocycles. The molecule has 5 nitrogen and oxygen atoms in total. The predicted molar refractivity (Wildman–Crippen MR) is 116 cm³/mol. The Morgan fingerprint density at radius 3 is 2.32 bits per heavy atom. The van der Waals surface area contributed by atoms with Crippen LogP contribution in [0, 0.1) is 11.6 Å². The molecule has 0 aliphatic rings. The molecular weight excluding hydrogens is 398 g/mol. The van der Waals surface area contributed by atoms with E-state index < -0.39 is 23.3 Å². The maximum absolute atomic E-state index is 14.7. The van der Waals surface area contributed by atoms with Gasteiger partial charge in [0.1, 0.15) is 29.9 Å².